The van der Waals surface area contributed by atoms with Gasteiger partial charge in [0, 0.05) is 13.2 Å². The van der Waals surface area contributed by atoms with Crippen molar-refractivity contribution in [3.8, 4) is 0 Å². The van der Waals surface area contributed by atoms with Crippen LogP contribution in [0.5, 0.6) is 0 Å². The van der Waals surface area contributed by atoms with Gasteiger partial charge in [0.25, 0.3) is 0 Å². The summed E-state index contributed by atoms with van der Waals surface area (Å²) in [6.07, 6.45) is 1.45. The highest BCUT2D eigenvalue weighted by atomic mass is 35.5. The molecule has 0 aliphatic carbocycles. The topological polar surface area (TPSA) is 85.8 Å². The molecule has 2 aromatic rings. The molecular formula is C10H12ClN5O2. The fourth-order valence-corrected chi connectivity index (χ4v) is 1.88. The zero-order valence-electron chi connectivity index (χ0n) is 9.96. The van der Waals surface area contributed by atoms with Gasteiger partial charge in [0.15, 0.2) is 0 Å². The lowest BCUT2D eigenvalue weighted by Gasteiger charge is -2.01. The Morgan fingerprint density at radius 2 is 2.28 bits per heavy atom. The molecule has 0 radical (unpaired) electrons. The van der Waals surface area contributed by atoms with Gasteiger partial charge in [0.2, 0.25) is 0 Å². The highest BCUT2D eigenvalue weighted by Crippen LogP contribution is 2.19. The van der Waals surface area contributed by atoms with Gasteiger partial charge < -0.3 is 5.11 Å². The van der Waals surface area contributed by atoms with Gasteiger partial charge in [-0.25, -0.2) is 4.68 Å². The fraction of sp³-hybridized carbons (Fsp3) is 0.400. The Labute approximate surface area is 108 Å². The minimum Gasteiger partial charge on any atom is -0.481 e. The van der Waals surface area contributed by atoms with E-state index < -0.39 is 5.97 Å². The summed E-state index contributed by atoms with van der Waals surface area (Å²) in [6, 6.07) is 0. The number of halogens is 1. The van der Waals surface area contributed by atoms with Gasteiger partial charge in [-0.15, -0.1) is 5.10 Å². The smallest absolute Gasteiger partial charge is 0.309 e. The molecule has 0 atom stereocenters. The van der Waals surface area contributed by atoms with Crippen molar-refractivity contribution in [3.05, 3.63) is 28.3 Å². The van der Waals surface area contributed by atoms with Crippen molar-refractivity contribution in [1.29, 1.82) is 0 Å². The standard InChI is InChI=1S/C10H12ClN5O2/c1-6-10(11)8(15(2)13-6)5-16-4-7(12-14-16)3-9(17)18/h4H,3,5H2,1-2H3,(H,17,18). The van der Waals surface area contributed by atoms with E-state index in [2.05, 4.69) is 15.4 Å². The van der Waals surface area contributed by atoms with E-state index in [9.17, 15) is 4.79 Å². The van der Waals surface area contributed by atoms with Crippen LogP contribution in [0.2, 0.25) is 5.02 Å². The van der Waals surface area contributed by atoms with E-state index in [1.807, 2.05) is 6.92 Å². The van der Waals surface area contributed by atoms with Crippen LogP contribution in [0.15, 0.2) is 6.20 Å². The second-order valence-corrected chi connectivity index (χ2v) is 4.33. The number of aliphatic carboxylic acids is 1. The van der Waals surface area contributed by atoms with Crippen molar-refractivity contribution in [2.45, 2.75) is 19.9 Å². The van der Waals surface area contributed by atoms with Crippen molar-refractivity contribution in [1.82, 2.24) is 24.8 Å². The first-order valence-corrected chi connectivity index (χ1v) is 5.64. The number of carboxylic acids is 1. The van der Waals surface area contributed by atoms with Crippen molar-refractivity contribution in [2.75, 3.05) is 0 Å². The zero-order chi connectivity index (χ0) is 13.3. The third-order valence-electron chi connectivity index (χ3n) is 2.49. The zero-order valence-corrected chi connectivity index (χ0v) is 10.7. The molecule has 0 unspecified atom stereocenters. The lowest BCUT2D eigenvalue weighted by atomic mass is 10.3. The molecule has 0 aliphatic heterocycles. The Hall–Kier alpha value is -1.89. The van der Waals surface area contributed by atoms with Crippen molar-refractivity contribution >= 4 is 17.6 Å². The summed E-state index contributed by atoms with van der Waals surface area (Å²) in [6.45, 7) is 2.23. The predicted octanol–water partition coefficient (Wildman–Crippen LogP) is 0.649. The average molecular weight is 270 g/mol. The van der Waals surface area contributed by atoms with Crippen molar-refractivity contribution in [3.63, 3.8) is 0 Å². The first kappa shape index (κ1) is 12.6. The van der Waals surface area contributed by atoms with Gasteiger partial charge in [0.1, 0.15) is 0 Å². The van der Waals surface area contributed by atoms with Crippen LogP contribution >= 0.6 is 11.6 Å². The molecule has 0 aromatic carbocycles. The molecule has 96 valence electrons. The largest absolute Gasteiger partial charge is 0.481 e. The third kappa shape index (κ3) is 2.51. The van der Waals surface area contributed by atoms with Gasteiger partial charge in [0.05, 0.1) is 35.1 Å². The summed E-state index contributed by atoms with van der Waals surface area (Å²) >= 11 is 6.12. The van der Waals surface area contributed by atoms with Crippen LogP contribution in [0.3, 0.4) is 0 Å². The summed E-state index contributed by atoms with van der Waals surface area (Å²) in [7, 11) is 1.79. The SMILES string of the molecule is Cc1nn(C)c(Cn2cc(CC(=O)O)nn2)c1Cl. The second kappa shape index (κ2) is 4.77. The van der Waals surface area contributed by atoms with E-state index in [4.69, 9.17) is 16.7 Å². The maximum atomic E-state index is 10.5. The fourth-order valence-electron chi connectivity index (χ4n) is 1.66. The highest BCUT2D eigenvalue weighted by molar-refractivity contribution is 6.31. The molecule has 0 saturated carbocycles. The van der Waals surface area contributed by atoms with Crippen LogP contribution < -0.4 is 0 Å². The van der Waals surface area contributed by atoms with Gasteiger partial charge in [-0.2, -0.15) is 5.10 Å². The number of aryl methyl sites for hydroxylation is 2. The first-order chi connectivity index (χ1) is 8.47. The molecule has 0 spiro atoms. The molecule has 1 N–H and O–H groups in total. The summed E-state index contributed by atoms with van der Waals surface area (Å²) in [4.78, 5) is 10.5. The Balaban J connectivity index is 2.18. The van der Waals surface area contributed by atoms with E-state index in [1.165, 1.54) is 0 Å². The number of carbonyl (C=O) groups is 1. The summed E-state index contributed by atoms with van der Waals surface area (Å²) in [5, 5.41) is 21.1. The van der Waals surface area contributed by atoms with Gasteiger partial charge in [-0.1, -0.05) is 16.8 Å². The second-order valence-electron chi connectivity index (χ2n) is 3.95. The van der Waals surface area contributed by atoms with Crippen LogP contribution in [-0.2, 0) is 24.8 Å². The molecule has 0 saturated heterocycles. The van der Waals surface area contributed by atoms with Crippen LogP contribution in [0, 0.1) is 6.92 Å². The number of nitrogens with zero attached hydrogens (tertiary/aromatic N) is 5. The Morgan fingerprint density at radius 1 is 1.56 bits per heavy atom. The van der Waals surface area contributed by atoms with E-state index >= 15 is 0 Å². The molecule has 0 amide bonds. The third-order valence-corrected chi connectivity index (χ3v) is 2.98. The molecule has 18 heavy (non-hydrogen) atoms. The number of carboxylic acid groups (broad SMARTS) is 1. The Bertz CT molecular complexity index is 589. The molecule has 2 rings (SSSR count). The maximum Gasteiger partial charge on any atom is 0.309 e. The van der Waals surface area contributed by atoms with E-state index in [1.54, 1.807) is 22.6 Å². The molecule has 0 bridgehead atoms. The minimum absolute atomic E-state index is 0.141. The van der Waals surface area contributed by atoms with Crippen LogP contribution in [0.25, 0.3) is 0 Å². The predicted molar refractivity (Wildman–Crippen MR) is 63.4 cm³/mol. The first-order valence-electron chi connectivity index (χ1n) is 5.26. The summed E-state index contributed by atoms with van der Waals surface area (Å²) in [5.41, 5.74) is 1.97. The van der Waals surface area contributed by atoms with Crippen molar-refractivity contribution < 1.29 is 9.90 Å². The van der Waals surface area contributed by atoms with Crippen molar-refractivity contribution in [2.24, 2.45) is 7.05 Å². The number of hydrogen-bond donors (Lipinski definition) is 1. The Kier molecular flexibility index (Phi) is 3.33. The average Bonchev–Trinajstić information content (AvgIpc) is 2.79. The maximum absolute atomic E-state index is 10.5. The number of rotatable bonds is 4. The number of hydrogen-bond acceptors (Lipinski definition) is 4. The normalized spacial score (nSPS) is 10.8. The quantitative estimate of drug-likeness (QED) is 0.881. The molecule has 0 fully saturated rings. The molecule has 0 aliphatic rings. The van der Waals surface area contributed by atoms with Gasteiger partial charge in [-0.05, 0) is 6.92 Å². The minimum atomic E-state index is -0.934. The molecule has 7 nitrogen and oxygen atoms in total. The van der Waals surface area contributed by atoms with Gasteiger partial charge >= 0.3 is 5.97 Å². The van der Waals surface area contributed by atoms with E-state index in [-0.39, 0.29) is 6.42 Å². The lowest BCUT2D eigenvalue weighted by molar-refractivity contribution is -0.136. The molecule has 8 heteroatoms. The van der Waals surface area contributed by atoms with E-state index in [0.717, 1.165) is 11.4 Å². The molecule has 2 aromatic heterocycles. The van der Waals surface area contributed by atoms with Crippen LogP contribution in [-0.4, -0.2) is 35.9 Å². The highest BCUT2D eigenvalue weighted by Gasteiger charge is 2.13. The van der Waals surface area contributed by atoms with Crippen LogP contribution in [0.1, 0.15) is 17.1 Å². The summed E-state index contributed by atoms with van der Waals surface area (Å²) < 4.78 is 3.22. The number of aromatic nitrogens is 5. The Morgan fingerprint density at radius 3 is 2.83 bits per heavy atom. The molecule has 2 heterocycles. The summed E-state index contributed by atoms with van der Waals surface area (Å²) in [5.74, 6) is -0.934. The van der Waals surface area contributed by atoms with Crippen LogP contribution in [0.4, 0.5) is 0 Å². The lowest BCUT2D eigenvalue weighted by Crippen LogP contribution is -2.06. The monoisotopic (exact) mass is 269 g/mol. The van der Waals surface area contributed by atoms with Gasteiger partial charge in [-0.3, -0.25) is 9.48 Å². The molecular weight excluding hydrogens is 258 g/mol. The van der Waals surface area contributed by atoms with E-state index in [0.29, 0.717) is 17.3 Å².